The van der Waals surface area contributed by atoms with Crippen LogP contribution in [0.3, 0.4) is 0 Å². The van der Waals surface area contributed by atoms with E-state index < -0.39 is 0 Å². The lowest BCUT2D eigenvalue weighted by molar-refractivity contribution is 0.0877. The minimum atomic E-state index is 0.227. The van der Waals surface area contributed by atoms with Crippen LogP contribution in [0.4, 0.5) is 0 Å². The van der Waals surface area contributed by atoms with E-state index in [4.69, 9.17) is 9.36 Å². The molecule has 0 amide bonds. The molecule has 0 aliphatic carbocycles. The minimum Gasteiger partial charge on any atom is -0.359 e. The van der Waals surface area contributed by atoms with Crippen molar-refractivity contribution < 1.29 is 9.36 Å². The van der Waals surface area contributed by atoms with Crippen LogP contribution in [0.1, 0.15) is 0 Å². The van der Waals surface area contributed by atoms with Gasteiger partial charge in [0, 0.05) is 16.0 Å². The van der Waals surface area contributed by atoms with E-state index in [-0.39, 0.29) is 6.10 Å². The molecule has 0 bridgehead atoms. The molecule has 3 nitrogen and oxygen atoms in total. The summed E-state index contributed by atoms with van der Waals surface area (Å²) in [6.07, 6.45) is 0.227. The standard InChI is InChI=1S/C3H8NO2P/c7-6-3-1-4-5-2-3/h3-4H,1-2,7H2/t3-/m0/s1. The molecule has 0 spiro atoms. The quantitative estimate of drug-likeness (QED) is 0.483. The summed E-state index contributed by atoms with van der Waals surface area (Å²) >= 11 is 0. The predicted molar refractivity (Wildman–Crippen MR) is 28.5 cm³/mol. The summed E-state index contributed by atoms with van der Waals surface area (Å²) < 4.78 is 4.84. The average Bonchev–Trinajstić information content (AvgIpc) is 2.14. The van der Waals surface area contributed by atoms with Crippen LogP contribution in [0.25, 0.3) is 0 Å². The van der Waals surface area contributed by atoms with E-state index in [0.29, 0.717) is 6.61 Å². The molecule has 1 aliphatic heterocycles. The van der Waals surface area contributed by atoms with Crippen LogP contribution in [0.5, 0.6) is 0 Å². The smallest absolute Gasteiger partial charge is 0.101 e. The summed E-state index contributed by atoms with van der Waals surface area (Å²) in [5.41, 5.74) is 2.68. The van der Waals surface area contributed by atoms with Gasteiger partial charge in [-0.05, 0) is 0 Å². The molecule has 0 radical (unpaired) electrons. The largest absolute Gasteiger partial charge is 0.359 e. The lowest BCUT2D eigenvalue weighted by atomic mass is 10.4. The number of nitrogens with one attached hydrogen (secondary N) is 1. The fraction of sp³-hybridized carbons (Fsp3) is 1.00. The van der Waals surface area contributed by atoms with Gasteiger partial charge in [-0.3, -0.25) is 4.84 Å². The first-order chi connectivity index (χ1) is 3.43. The van der Waals surface area contributed by atoms with Gasteiger partial charge < -0.3 is 4.52 Å². The van der Waals surface area contributed by atoms with Gasteiger partial charge in [-0.1, -0.05) is 0 Å². The van der Waals surface area contributed by atoms with Crippen LogP contribution in [-0.2, 0) is 9.36 Å². The van der Waals surface area contributed by atoms with Crippen LogP contribution in [0, 0.1) is 0 Å². The Morgan fingerprint density at radius 2 is 2.71 bits per heavy atom. The van der Waals surface area contributed by atoms with E-state index in [1.54, 1.807) is 0 Å². The Balaban J connectivity index is 2.14. The minimum absolute atomic E-state index is 0.227. The first kappa shape index (κ1) is 5.45. The highest BCUT2D eigenvalue weighted by Gasteiger charge is 2.12. The topological polar surface area (TPSA) is 30.5 Å². The van der Waals surface area contributed by atoms with Crippen molar-refractivity contribution in [3.8, 4) is 0 Å². The molecular weight excluding hydrogens is 113 g/mol. The van der Waals surface area contributed by atoms with Crippen LogP contribution >= 0.6 is 9.47 Å². The Labute approximate surface area is 44.6 Å². The maximum Gasteiger partial charge on any atom is 0.101 e. The van der Waals surface area contributed by atoms with E-state index in [9.17, 15) is 0 Å². The Kier molecular flexibility index (Phi) is 2.00. The Morgan fingerprint density at radius 1 is 1.86 bits per heavy atom. The fourth-order valence-corrected chi connectivity index (χ4v) is 0.625. The Bertz CT molecular complexity index is 54.9. The van der Waals surface area contributed by atoms with Crippen molar-refractivity contribution >= 4 is 9.47 Å². The number of hydroxylamine groups is 1. The van der Waals surface area contributed by atoms with Gasteiger partial charge in [0.05, 0.1) is 6.61 Å². The molecule has 1 N–H and O–H groups in total. The van der Waals surface area contributed by atoms with Crippen molar-refractivity contribution in [3.63, 3.8) is 0 Å². The van der Waals surface area contributed by atoms with Gasteiger partial charge in [-0.2, -0.15) is 5.48 Å². The molecule has 1 saturated heterocycles. The number of hydrogen-bond acceptors (Lipinski definition) is 3. The molecule has 7 heavy (non-hydrogen) atoms. The van der Waals surface area contributed by atoms with Crippen molar-refractivity contribution in [2.45, 2.75) is 6.10 Å². The first-order valence-corrected chi connectivity index (χ1v) is 2.61. The third-order valence-corrected chi connectivity index (χ3v) is 1.26. The van der Waals surface area contributed by atoms with Crippen molar-refractivity contribution in [1.82, 2.24) is 5.48 Å². The highest BCUT2D eigenvalue weighted by molar-refractivity contribution is 7.09. The Morgan fingerprint density at radius 3 is 3.00 bits per heavy atom. The zero-order valence-electron chi connectivity index (χ0n) is 3.89. The van der Waals surface area contributed by atoms with Gasteiger partial charge >= 0.3 is 0 Å². The molecule has 0 aromatic rings. The van der Waals surface area contributed by atoms with Gasteiger partial charge in [-0.15, -0.1) is 0 Å². The SMILES string of the molecule is PO[C@H]1CNOC1. The molecule has 4 heteroatoms. The fourth-order valence-electron chi connectivity index (χ4n) is 0.450. The monoisotopic (exact) mass is 121 g/mol. The molecule has 2 atom stereocenters. The molecule has 0 aromatic carbocycles. The molecule has 1 rings (SSSR count). The van der Waals surface area contributed by atoms with Gasteiger partial charge in [0.1, 0.15) is 6.10 Å². The van der Waals surface area contributed by atoms with Crippen molar-refractivity contribution in [1.29, 1.82) is 0 Å². The molecule has 1 unspecified atom stereocenters. The van der Waals surface area contributed by atoms with Crippen molar-refractivity contribution in [2.24, 2.45) is 0 Å². The normalized spacial score (nSPS) is 31.3. The van der Waals surface area contributed by atoms with E-state index in [1.807, 2.05) is 0 Å². The summed E-state index contributed by atoms with van der Waals surface area (Å²) in [5.74, 6) is 0. The van der Waals surface area contributed by atoms with Crippen LogP contribution < -0.4 is 5.48 Å². The summed E-state index contributed by atoms with van der Waals surface area (Å²) in [7, 11) is 2.20. The van der Waals surface area contributed by atoms with Crippen LogP contribution in [-0.4, -0.2) is 19.3 Å². The molecule has 0 saturated carbocycles. The molecular formula is C3H8NO2P. The third-order valence-electron chi connectivity index (χ3n) is 0.875. The van der Waals surface area contributed by atoms with E-state index >= 15 is 0 Å². The van der Waals surface area contributed by atoms with Crippen molar-refractivity contribution in [3.05, 3.63) is 0 Å². The maximum atomic E-state index is 4.84. The molecule has 1 fully saturated rings. The Hall–Kier alpha value is 0.310. The second-order valence-electron chi connectivity index (χ2n) is 1.42. The summed E-state index contributed by atoms with van der Waals surface area (Å²) in [5, 5.41) is 0. The van der Waals surface area contributed by atoms with E-state index in [2.05, 4.69) is 14.9 Å². The first-order valence-electron chi connectivity index (χ1n) is 2.13. The lowest BCUT2D eigenvalue weighted by Crippen LogP contribution is -2.13. The van der Waals surface area contributed by atoms with Crippen LogP contribution in [0.2, 0.25) is 0 Å². The highest BCUT2D eigenvalue weighted by Crippen LogP contribution is 2.00. The second-order valence-corrected chi connectivity index (χ2v) is 1.69. The zero-order valence-corrected chi connectivity index (χ0v) is 5.04. The molecule has 42 valence electrons. The molecule has 1 heterocycles. The third kappa shape index (κ3) is 1.35. The summed E-state index contributed by atoms with van der Waals surface area (Å²) in [6, 6.07) is 0. The van der Waals surface area contributed by atoms with Gasteiger partial charge in [0.25, 0.3) is 0 Å². The number of rotatable bonds is 1. The highest BCUT2D eigenvalue weighted by atomic mass is 31.0. The molecule has 1 aliphatic rings. The van der Waals surface area contributed by atoms with Gasteiger partial charge in [-0.25, -0.2) is 0 Å². The van der Waals surface area contributed by atoms with Crippen molar-refractivity contribution in [2.75, 3.05) is 13.2 Å². The molecule has 0 aromatic heterocycles. The van der Waals surface area contributed by atoms with Crippen LogP contribution in [0.15, 0.2) is 0 Å². The van der Waals surface area contributed by atoms with E-state index in [1.165, 1.54) is 0 Å². The lowest BCUT2D eigenvalue weighted by Gasteiger charge is -1.98. The predicted octanol–water partition coefficient (Wildman–Crippen LogP) is -0.304. The van der Waals surface area contributed by atoms with Gasteiger partial charge in [0.15, 0.2) is 0 Å². The average molecular weight is 121 g/mol. The second kappa shape index (κ2) is 2.58. The van der Waals surface area contributed by atoms with E-state index in [0.717, 1.165) is 6.54 Å². The van der Waals surface area contributed by atoms with Gasteiger partial charge in [0.2, 0.25) is 0 Å². The number of hydrogen-bond donors (Lipinski definition) is 1. The zero-order chi connectivity index (χ0) is 5.11. The maximum absolute atomic E-state index is 4.84. The summed E-state index contributed by atoms with van der Waals surface area (Å²) in [6.45, 7) is 1.45. The summed E-state index contributed by atoms with van der Waals surface area (Å²) in [4.78, 5) is 4.76.